The Morgan fingerprint density at radius 1 is 0.826 bits per heavy atom. The van der Waals surface area contributed by atoms with Gasteiger partial charge in [-0.25, -0.2) is 0 Å². The van der Waals surface area contributed by atoms with Crippen LogP contribution in [0.3, 0.4) is 0 Å². The molecule has 2 rings (SSSR count). The zero-order chi connectivity index (χ0) is 17.3. The molecule has 0 radical (unpaired) electrons. The van der Waals surface area contributed by atoms with Gasteiger partial charge in [-0.05, 0) is 41.8 Å². The van der Waals surface area contributed by atoms with Crippen LogP contribution in [0.15, 0.2) is 42.5 Å². The number of benzene rings is 2. The minimum Gasteiger partial charge on any atom is -0.192 e. The SMILES string of the molecule is N#Cc1ccccc1Cc1cc(C(F)(F)F)cc(C(F)(F)F)c1. The Morgan fingerprint density at radius 3 is 1.83 bits per heavy atom. The summed E-state index contributed by atoms with van der Waals surface area (Å²) < 4.78 is 76.8. The van der Waals surface area contributed by atoms with Gasteiger partial charge in [0.1, 0.15) is 0 Å². The molecule has 120 valence electrons. The Hall–Kier alpha value is -2.49. The first-order chi connectivity index (χ1) is 10.6. The minimum absolute atomic E-state index is 0.0830. The van der Waals surface area contributed by atoms with E-state index in [4.69, 9.17) is 5.26 Å². The average Bonchev–Trinajstić information content (AvgIpc) is 2.45. The van der Waals surface area contributed by atoms with Crippen LogP contribution in [-0.2, 0) is 18.8 Å². The minimum atomic E-state index is -4.88. The van der Waals surface area contributed by atoms with Gasteiger partial charge in [0.25, 0.3) is 0 Å². The number of hydrogen-bond acceptors (Lipinski definition) is 1. The summed E-state index contributed by atoms with van der Waals surface area (Å²) in [5.41, 5.74) is -2.32. The quantitative estimate of drug-likeness (QED) is 0.696. The van der Waals surface area contributed by atoms with E-state index in [1.165, 1.54) is 12.1 Å². The molecule has 0 bridgehead atoms. The standard InChI is InChI=1S/C16H9F6N/c17-15(18,19)13-6-10(7-14(8-13)16(20,21)22)5-11-3-1-2-4-12(11)9-23/h1-4,6-8H,5H2. The highest BCUT2D eigenvalue weighted by atomic mass is 19.4. The number of halogens is 6. The molecule has 0 atom stereocenters. The molecule has 0 spiro atoms. The fraction of sp³-hybridized carbons (Fsp3) is 0.188. The second kappa shape index (κ2) is 5.95. The van der Waals surface area contributed by atoms with Crippen LogP contribution in [-0.4, -0.2) is 0 Å². The smallest absolute Gasteiger partial charge is 0.192 e. The lowest BCUT2D eigenvalue weighted by Gasteiger charge is -2.14. The molecule has 0 saturated carbocycles. The van der Waals surface area contributed by atoms with Crippen LogP contribution in [0.2, 0.25) is 0 Å². The van der Waals surface area contributed by atoms with Crippen molar-refractivity contribution in [3.63, 3.8) is 0 Å². The van der Waals surface area contributed by atoms with Gasteiger partial charge >= 0.3 is 12.4 Å². The number of rotatable bonds is 2. The van der Waals surface area contributed by atoms with Crippen molar-refractivity contribution in [1.82, 2.24) is 0 Å². The summed E-state index contributed by atoms with van der Waals surface area (Å²) >= 11 is 0. The Bertz CT molecular complexity index is 720. The summed E-state index contributed by atoms with van der Waals surface area (Å²) in [6.45, 7) is 0. The van der Waals surface area contributed by atoms with Gasteiger partial charge < -0.3 is 0 Å². The van der Waals surface area contributed by atoms with Gasteiger partial charge in [-0.2, -0.15) is 31.6 Å². The van der Waals surface area contributed by atoms with E-state index in [2.05, 4.69) is 0 Å². The normalized spacial score (nSPS) is 12.0. The van der Waals surface area contributed by atoms with Gasteiger partial charge in [0.15, 0.2) is 0 Å². The van der Waals surface area contributed by atoms with Crippen molar-refractivity contribution in [2.75, 3.05) is 0 Å². The van der Waals surface area contributed by atoms with Crippen LogP contribution < -0.4 is 0 Å². The number of nitrogens with zero attached hydrogens (tertiary/aromatic N) is 1. The van der Waals surface area contributed by atoms with E-state index < -0.39 is 23.5 Å². The molecule has 0 aliphatic heterocycles. The zero-order valence-electron chi connectivity index (χ0n) is 11.5. The summed E-state index contributed by atoms with van der Waals surface area (Å²) in [5, 5.41) is 8.95. The van der Waals surface area contributed by atoms with Crippen LogP contribution >= 0.6 is 0 Å². The van der Waals surface area contributed by atoms with Crippen molar-refractivity contribution >= 4 is 0 Å². The Balaban J connectivity index is 2.52. The third kappa shape index (κ3) is 4.03. The molecule has 0 aromatic heterocycles. The van der Waals surface area contributed by atoms with Crippen LogP contribution in [0, 0.1) is 11.3 Å². The van der Waals surface area contributed by atoms with E-state index in [0.29, 0.717) is 17.7 Å². The van der Waals surface area contributed by atoms with Crippen LogP contribution in [0.1, 0.15) is 27.8 Å². The van der Waals surface area contributed by atoms with E-state index in [0.717, 1.165) is 0 Å². The van der Waals surface area contributed by atoms with E-state index in [1.807, 2.05) is 6.07 Å². The van der Waals surface area contributed by atoms with E-state index in [-0.39, 0.29) is 23.6 Å². The highest BCUT2D eigenvalue weighted by Gasteiger charge is 2.36. The van der Waals surface area contributed by atoms with Gasteiger partial charge in [0.2, 0.25) is 0 Å². The van der Waals surface area contributed by atoms with Crippen molar-refractivity contribution in [2.24, 2.45) is 0 Å². The molecule has 2 aromatic carbocycles. The lowest BCUT2D eigenvalue weighted by atomic mass is 9.97. The fourth-order valence-corrected chi connectivity index (χ4v) is 2.12. The van der Waals surface area contributed by atoms with Gasteiger partial charge in [-0.15, -0.1) is 0 Å². The largest absolute Gasteiger partial charge is 0.416 e. The molecule has 0 unspecified atom stereocenters. The lowest BCUT2D eigenvalue weighted by molar-refractivity contribution is -0.143. The summed E-state index contributed by atoms with van der Waals surface area (Å²) in [6.07, 6.45) is -9.97. The first-order valence-corrected chi connectivity index (χ1v) is 6.37. The predicted molar refractivity (Wildman–Crippen MR) is 70.4 cm³/mol. The van der Waals surface area contributed by atoms with E-state index in [1.54, 1.807) is 12.1 Å². The third-order valence-corrected chi connectivity index (χ3v) is 3.18. The molecule has 0 aliphatic carbocycles. The van der Waals surface area contributed by atoms with Crippen LogP contribution in [0.5, 0.6) is 0 Å². The Morgan fingerprint density at radius 2 is 1.35 bits per heavy atom. The molecule has 1 nitrogen and oxygen atoms in total. The molecular formula is C16H9F6N. The maximum atomic E-state index is 12.8. The molecule has 0 N–H and O–H groups in total. The van der Waals surface area contributed by atoms with Crippen molar-refractivity contribution in [3.05, 3.63) is 70.3 Å². The summed E-state index contributed by atoms with van der Waals surface area (Å²) in [5.74, 6) is 0. The average molecular weight is 329 g/mol. The molecule has 23 heavy (non-hydrogen) atoms. The molecular weight excluding hydrogens is 320 g/mol. The zero-order valence-corrected chi connectivity index (χ0v) is 11.5. The first kappa shape index (κ1) is 16.9. The molecule has 0 aliphatic rings. The topological polar surface area (TPSA) is 23.8 Å². The Kier molecular flexibility index (Phi) is 4.37. The number of hydrogen-bond donors (Lipinski definition) is 0. The van der Waals surface area contributed by atoms with E-state index >= 15 is 0 Å². The highest BCUT2D eigenvalue weighted by Crippen LogP contribution is 2.36. The second-order valence-electron chi connectivity index (χ2n) is 4.86. The van der Waals surface area contributed by atoms with Crippen LogP contribution in [0.25, 0.3) is 0 Å². The maximum Gasteiger partial charge on any atom is 0.416 e. The van der Waals surface area contributed by atoms with E-state index in [9.17, 15) is 26.3 Å². The van der Waals surface area contributed by atoms with Gasteiger partial charge in [0.05, 0.1) is 22.8 Å². The Labute approximate surface area is 127 Å². The van der Waals surface area contributed by atoms with Crippen molar-refractivity contribution < 1.29 is 26.3 Å². The van der Waals surface area contributed by atoms with Gasteiger partial charge in [-0.3, -0.25) is 0 Å². The van der Waals surface area contributed by atoms with Crippen molar-refractivity contribution in [3.8, 4) is 6.07 Å². The molecule has 0 fully saturated rings. The lowest BCUT2D eigenvalue weighted by Crippen LogP contribution is -2.12. The molecule has 0 amide bonds. The monoisotopic (exact) mass is 329 g/mol. The third-order valence-electron chi connectivity index (χ3n) is 3.18. The van der Waals surface area contributed by atoms with Gasteiger partial charge in [-0.1, -0.05) is 18.2 Å². The van der Waals surface area contributed by atoms with Crippen molar-refractivity contribution in [1.29, 1.82) is 5.26 Å². The predicted octanol–water partition coefficient (Wildman–Crippen LogP) is 5.19. The maximum absolute atomic E-state index is 12.8. The molecule has 0 saturated heterocycles. The fourth-order valence-electron chi connectivity index (χ4n) is 2.12. The van der Waals surface area contributed by atoms with Crippen LogP contribution in [0.4, 0.5) is 26.3 Å². The summed E-state index contributed by atoms with van der Waals surface area (Å²) in [7, 11) is 0. The van der Waals surface area contributed by atoms with Gasteiger partial charge in [0, 0.05) is 0 Å². The van der Waals surface area contributed by atoms with Crippen molar-refractivity contribution in [2.45, 2.75) is 18.8 Å². The number of alkyl halides is 6. The molecule has 0 heterocycles. The molecule has 2 aromatic rings. The molecule has 7 heteroatoms. The first-order valence-electron chi connectivity index (χ1n) is 6.37. The summed E-state index contributed by atoms with van der Waals surface area (Å²) in [6, 6.07) is 9.36. The summed E-state index contributed by atoms with van der Waals surface area (Å²) in [4.78, 5) is 0. The second-order valence-corrected chi connectivity index (χ2v) is 4.86. The highest BCUT2D eigenvalue weighted by molar-refractivity contribution is 5.42. The number of nitriles is 1.